The maximum absolute atomic E-state index is 4.03. The molecule has 0 aliphatic carbocycles. The van der Waals surface area contributed by atoms with Crippen LogP contribution in [0.25, 0.3) is 0 Å². The summed E-state index contributed by atoms with van der Waals surface area (Å²) in [4.78, 5) is 4.03. The minimum absolute atomic E-state index is 0.969. The average Bonchev–Trinajstić information content (AvgIpc) is 2.32. The number of anilines is 2. The summed E-state index contributed by atoms with van der Waals surface area (Å²) in [5.74, 6) is 0. The fraction of sp³-hybridized carbons (Fsp3) is 0.154. The molecule has 0 aliphatic heterocycles. The number of pyridine rings is 1. The normalized spacial score (nSPS) is 10.1. The Balaban J connectivity index is 2.24. The highest BCUT2D eigenvalue weighted by Crippen LogP contribution is 2.24. The number of benzene rings is 1. The average molecular weight is 277 g/mol. The first-order valence-corrected chi connectivity index (χ1v) is 6.04. The van der Waals surface area contributed by atoms with Gasteiger partial charge in [-0.25, -0.2) is 0 Å². The number of aromatic nitrogens is 1. The summed E-state index contributed by atoms with van der Waals surface area (Å²) in [7, 11) is 0. The van der Waals surface area contributed by atoms with Crippen LogP contribution >= 0.6 is 15.9 Å². The Kier molecular flexibility index (Phi) is 3.57. The molecule has 0 aliphatic rings. The van der Waals surface area contributed by atoms with Gasteiger partial charge in [0.15, 0.2) is 0 Å². The molecule has 0 atom stereocenters. The Morgan fingerprint density at radius 2 is 2.19 bits per heavy atom. The van der Waals surface area contributed by atoms with E-state index in [0.717, 1.165) is 22.3 Å². The quantitative estimate of drug-likeness (QED) is 0.911. The SMILES string of the molecule is CCc1cccc(Nc2ccncc2Br)c1. The van der Waals surface area contributed by atoms with E-state index in [-0.39, 0.29) is 0 Å². The van der Waals surface area contributed by atoms with E-state index in [4.69, 9.17) is 0 Å². The maximum Gasteiger partial charge on any atom is 0.0593 e. The van der Waals surface area contributed by atoms with E-state index in [9.17, 15) is 0 Å². The molecule has 0 bridgehead atoms. The van der Waals surface area contributed by atoms with Crippen LogP contribution in [0.4, 0.5) is 11.4 Å². The number of nitrogens with zero attached hydrogens (tertiary/aromatic N) is 1. The number of hydrogen-bond donors (Lipinski definition) is 1. The van der Waals surface area contributed by atoms with Gasteiger partial charge in [0, 0.05) is 18.1 Å². The van der Waals surface area contributed by atoms with Gasteiger partial charge in [-0.05, 0) is 46.1 Å². The highest BCUT2D eigenvalue weighted by atomic mass is 79.9. The summed E-state index contributed by atoms with van der Waals surface area (Å²) in [6.07, 6.45) is 4.61. The molecule has 16 heavy (non-hydrogen) atoms. The zero-order chi connectivity index (χ0) is 11.4. The van der Waals surface area contributed by atoms with Gasteiger partial charge in [-0.2, -0.15) is 0 Å². The summed E-state index contributed by atoms with van der Waals surface area (Å²) >= 11 is 3.46. The second-order valence-electron chi connectivity index (χ2n) is 3.53. The Bertz CT molecular complexity index is 483. The fourth-order valence-electron chi connectivity index (χ4n) is 1.50. The van der Waals surface area contributed by atoms with Gasteiger partial charge in [-0.1, -0.05) is 19.1 Å². The van der Waals surface area contributed by atoms with Gasteiger partial charge in [0.2, 0.25) is 0 Å². The van der Waals surface area contributed by atoms with Crippen LogP contribution in [0.15, 0.2) is 47.2 Å². The van der Waals surface area contributed by atoms with Crippen molar-refractivity contribution in [2.24, 2.45) is 0 Å². The highest BCUT2D eigenvalue weighted by molar-refractivity contribution is 9.10. The Labute approximate surface area is 104 Å². The Hall–Kier alpha value is -1.35. The molecule has 2 nitrogen and oxygen atoms in total. The number of nitrogens with one attached hydrogen (secondary N) is 1. The first-order chi connectivity index (χ1) is 7.79. The van der Waals surface area contributed by atoms with Crippen LogP contribution in [0.1, 0.15) is 12.5 Å². The molecule has 0 radical (unpaired) electrons. The van der Waals surface area contributed by atoms with Crippen molar-refractivity contribution in [1.29, 1.82) is 0 Å². The fourth-order valence-corrected chi connectivity index (χ4v) is 1.85. The summed E-state index contributed by atoms with van der Waals surface area (Å²) in [6, 6.07) is 10.4. The molecular weight excluding hydrogens is 264 g/mol. The van der Waals surface area contributed by atoms with Crippen LogP contribution in [0.5, 0.6) is 0 Å². The van der Waals surface area contributed by atoms with Crippen molar-refractivity contribution in [1.82, 2.24) is 4.98 Å². The van der Waals surface area contributed by atoms with Crippen molar-refractivity contribution in [2.45, 2.75) is 13.3 Å². The van der Waals surface area contributed by atoms with Crippen molar-refractivity contribution in [2.75, 3.05) is 5.32 Å². The lowest BCUT2D eigenvalue weighted by Gasteiger charge is -2.08. The van der Waals surface area contributed by atoms with Gasteiger partial charge in [0.25, 0.3) is 0 Å². The van der Waals surface area contributed by atoms with Gasteiger partial charge in [0.1, 0.15) is 0 Å². The lowest BCUT2D eigenvalue weighted by Crippen LogP contribution is -1.92. The zero-order valence-electron chi connectivity index (χ0n) is 9.07. The van der Waals surface area contributed by atoms with Gasteiger partial charge in [-0.3, -0.25) is 4.98 Å². The van der Waals surface area contributed by atoms with E-state index in [1.807, 2.05) is 6.07 Å². The minimum atomic E-state index is 0.969. The van der Waals surface area contributed by atoms with E-state index in [1.54, 1.807) is 12.4 Å². The van der Waals surface area contributed by atoms with E-state index in [2.05, 4.69) is 57.4 Å². The van der Waals surface area contributed by atoms with Crippen molar-refractivity contribution < 1.29 is 0 Å². The Morgan fingerprint density at radius 3 is 2.94 bits per heavy atom. The summed E-state index contributed by atoms with van der Waals surface area (Å²) in [6.45, 7) is 2.15. The molecule has 2 aromatic rings. The standard InChI is InChI=1S/C13H13BrN2/c1-2-10-4-3-5-11(8-10)16-13-6-7-15-9-12(13)14/h3-9H,2H2,1H3,(H,15,16). The van der Waals surface area contributed by atoms with E-state index in [0.29, 0.717) is 0 Å². The van der Waals surface area contributed by atoms with Crippen LogP contribution in [0.2, 0.25) is 0 Å². The molecule has 0 spiro atoms. The molecule has 0 saturated carbocycles. The molecule has 1 aromatic heterocycles. The first kappa shape index (κ1) is 11.1. The molecule has 1 heterocycles. The van der Waals surface area contributed by atoms with Gasteiger partial charge >= 0.3 is 0 Å². The maximum atomic E-state index is 4.03. The summed E-state index contributed by atoms with van der Waals surface area (Å²) in [5.41, 5.74) is 3.46. The van der Waals surface area contributed by atoms with Crippen LogP contribution in [0.3, 0.4) is 0 Å². The molecule has 0 fully saturated rings. The van der Waals surface area contributed by atoms with Crippen LogP contribution < -0.4 is 5.32 Å². The monoisotopic (exact) mass is 276 g/mol. The first-order valence-electron chi connectivity index (χ1n) is 5.25. The van der Waals surface area contributed by atoms with Gasteiger partial charge < -0.3 is 5.32 Å². The topological polar surface area (TPSA) is 24.9 Å². The lowest BCUT2D eigenvalue weighted by atomic mass is 10.1. The molecule has 2 rings (SSSR count). The smallest absolute Gasteiger partial charge is 0.0593 e. The molecule has 1 N–H and O–H groups in total. The van der Waals surface area contributed by atoms with Crippen LogP contribution in [-0.4, -0.2) is 4.98 Å². The van der Waals surface area contributed by atoms with E-state index in [1.165, 1.54) is 5.56 Å². The van der Waals surface area contributed by atoms with Gasteiger partial charge in [0.05, 0.1) is 10.2 Å². The van der Waals surface area contributed by atoms with Crippen molar-refractivity contribution in [3.05, 3.63) is 52.8 Å². The largest absolute Gasteiger partial charge is 0.355 e. The summed E-state index contributed by atoms with van der Waals surface area (Å²) < 4.78 is 0.969. The summed E-state index contributed by atoms with van der Waals surface area (Å²) in [5, 5.41) is 3.36. The van der Waals surface area contributed by atoms with Crippen molar-refractivity contribution >= 4 is 27.3 Å². The van der Waals surface area contributed by atoms with E-state index >= 15 is 0 Å². The highest BCUT2D eigenvalue weighted by Gasteiger charge is 1.99. The van der Waals surface area contributed by atoms with Crippen molar-refractivity contribution in [3.8, 4) is 0 Å². The second-order valence-corrected chi connectivity index (χ2v) is 4.39. The Morgan fingerprint density at radius 1 is 1.31 bits per heavy atom. The molecule has 0 amide bonds. The number of rotatable bonds is 3. The number of hydrogen-bond acceptors (Lipinski definition) is 2. The predicted molar refractivity (Wildman–Crippen MR) is 71.0 cm³/mol. The molecular formula is C13H13BrN2. The minimum Gasteiger partial charge on any atom is -0.355 e. The van der Waals surface area contributed by atoms with Gasteiger partial charge in [-0.15, -0.1) is 0 Å². The molecule has 3 heteroatoms. The third-order valence-corrected chi connectivity index (χ3v) is 3.02. The molecule has 82 valence electrons. The van der Waals surface area contributed by atoms with Crippen molar-refractivity contribution in [3.63, 3.8) is 0 Å². The predicted octanol–water partition coefficient (Wildman–Crippen LogP) is 4.15. The number of aryl methyl sites for hydroxylation is 1. The van der Waals surface area contributed by atoms with Crippen LogP contribution in [0, 0.1) is 0 Å². The molecule has 0 saturated heterocycles. The third-order valence-electron chi connectivity index (χ3n) is 2.39. The third kappa shape index (κ3) is 2.61. The number of halogens is 1. The molecule has 1 aromatic carbocycles. The second kappa shape index (κ2) is 5.12. The molecule has 0 unspecified atom stereocenters. The van der Waals surface area contributed by atoms with E-state index < -0.39 is 0 Å². The lowest BCUT2D eigenvalue weighted by molar-refractivity contribution is 1.14. The van der Waals surface area contributed by atoms with Crippen LogP contribution in [-0.2, 0) is 6.42 Å². The zero-order valence-corrected chi connectivity index (χ0v) is 10.7.